The van der Waals surface area contributed by atoms with E-state index in [1.165, 1.54) is 18.3 Å². The molecule has 5 heteroatoms. The number of nitrogens with one attached hydrogen (secondary N) is 1. The van der Waals surface area contributed by atoms with Gasteiger partial charge in [-0.2, -0.15) is 5.10 Å². The van der Waals surface area contributed by atoms with Crippen LogP contribution in [0, 0.1) is 6.92 Å². The number of phenols is 2. The Morgan fingerprint density at radius 2 is 1.80 bits per heavy atom. The quantitative estimate of drug-likeness (QED) is 0.454. The normalized spacial score (nSPS) is 10.7. The summed E-state index contributed by atoms with van der Waals surface area (Å²) in [5.41, 5.74) is 4.54. The topological polar surface area (TPSA) is 81.9 Å². The summed E-state index contributed by atoms with van der Waals surface area (Å²) in [6, 6.07) is 11.4. The summed E-state index contributed by atoms with van der Waals surface area (Å²) in [6.45, 7) is 1.94. The van der Waals surface area contributed by atoms with Crippen molar-refractivity contribution in [1.29, 1.82) is 0 Å². The second kappa shape index (κ2) is 5.88. The number of rotatable bonds is 3. The molecular formula is C15H14N2O3. The third-order valence-corrected chi connectivity index (χ3v) is 2.69. The minimum atomic E-state index is -0.316. The van der Waals surface area contributed by atoms with Crippen molar-refractivity contribution in [2.24, 2.45) is 5.10 Å². The molecule has 0 aliphatic rings. The van der Waals surface area contributed by atoms with Gasteiger partial charge in [0.1, 0.15) is 0 Å². The average Bonchev–Trinajstić information content (AvgIpc) is 2.43. The number of amides is 1. The first-order valence-electron chi connectivity index (χ1n) is 5.98. The molecule has 1 amide bonds. The molecule has 0 saturated heterocycles. The van der Waals surface area contributed by atoms with Crippen molar-refractivity contribution in [2.45, 2.75) is 6.92 Å². The van der Waals surface area contributed by atoms with Crippen LogP contribution < -0.4 is 5.43 Å². The number of hydrogen-bond donors (Lipinski definition) is 3. The molecule has 0 heterocycles. The van der Waals surface area contributed by atoms with Crippen LogP contribution in [0.2, 0.25) is 0 Å². The lowest BCUT2D eigenvalue weighted by Gasteiger charge is -2.01. The van der Waals surface area contributed by atoms with Crippen molar-refractivity contribution in [3.63, 3.8) is 0 Å². The van der Waals surface area contributed by atoms with Crippen LogP contribution >= 0.6 is 0 Å². The van der Waals surface area contributed by atoms with E-state index in [0.717, 1.165) is 5.56 Å². The van der Waals surface area contributed by atoms with Gasteiger partial charge in [-0.05, 0) is 42.8 Å². The number of benzene rings is 2. The first-order chi connectivity index (χ1) is 9.56. The monoisotopic (exact) mass is 270 g/mol. The molecule has 0 fully saturated rings. The van der Waals surface area contributed by atoms with Crippen molar-refractivity contribution in [3.8, 4) is 11.5 Å². The molecule has 0 aromatic heterocycles. The molecule has 5 nitrogen and oxygen atoms in total. The van der Waals surface area contributed by atoms with E-state index in [4.69, 9.17) is 5.11 Å². The summed E-state index contributed by atoms with van der Waals surface area (Å²) in [5, 5.41) is 22.3. The molecule has 2 aromatic carbocycles. The second-order valence-electron chi connectivity index (χ2n) is 4.31. The molecule has 0 aliphatic heterocycles. The average molecular weight is 270 g/mol. The number of carbonyl (C=O) groups excluding carboxylic acids is 1. The number of phenolic OH excluding ortho intramolecular Hbond substituents is 2. The largest absolute Gasteiger partial charge is 0.504 e. The Kier molecular flexibility index (Phi) is 4.00. The lowest BCUT2D eigenvalue weighted by Crippen LogP contribution is -2.17. The molecule has 0 radical (unpaired) electrons. The molecule has 2 aromatic rings. The minimum absolute atomic E-state index is 0.203. The van der Waals surface area contributed by atoms with E-state index in [9.17, 15) is 9.90 Å². The van der Waals surface area contributed by atoms with Gasteiger partial charge in [0.15, 0.2) is 11.5 Å². The summed E-state index contributed by atoms with van der Waals surface area (Å²) in [5.74, 6) is -0.756. The van der Waals surface area contributed by atoms with Gasteiger partial charge in [0, 0.05) is 5.56 Å². The van der Waals surface area contributed by atoms with Crippen molar-refractivity contribution in [2.75, 3.05) is 0 Å². The molecule has 0 atom stereocenters. The maximum Gasteiger partial charge on any atom is 0.271 e. The van der Waals surface area contributed by atoms with Gasteiger partial charge in [-0.15, -0.1) is 0 Å². The molecule has 0 unspecified atom stereocenters. The van der Waals surface area contributed by atoms with Gasteiger partial charge >= 0.3 is 0 Å². The first kappa shape index (κ1) is 13.6. The number of hydrazone groups is 1. The molecule has 102 valence electrons. The Hall–Kier alpha value is -2.82. The van der Waals surface area contributed by atoms with Crippen LogP contribution in [-0.2, 0) is 0 Å². The molecular weight excluding hydrogens is 256 g/mol. The lowest BCUT2D eigenvalue weighted by molar-refractivity contribution is 0.0955. The highest BCUT2D eigenvalue weighted by Crippen LogP contribution is 2.23. The number of hydrogen-bond acceptors (Lipinski definition) is 4. The van der Waals surface area contributed by atoms with Crippen molar-refractivity contribution in [3.05, 3.63) is 59.2 Å². The van der Waals surface area contributed by atoms with Crippen LogP contribution in [0.4, 0.5) is 0 Å². The van der Waals surface area contributed by atoms with Crippen molar-refractivity contribution >= 4 is 12.1 Å². The zero-order valence-corrected chi connectivity index (χ0v) is 10.9. The third kappa shape index (κ3) is 3.35. The standard InChI is InChI=1S/C15H14N2O3/c1-10-2-5-12(6-3-10)15(20)17-16-9-11-4-7-13(18)14(19)8-11/h2-9,18-19H,1H3,(H,17,20)/b16-9+. The van der Waals surface area contributed by atoms with Gasteiger partial charge < -0.3 is 10.2 Å². The number of nitrogens with zero attached hydrogens (tertiary/aromatic N) is 1. The van der Waals surface area contributed by atoms with Gasteiger partial charge in [0.25, 0.3) is 5.91 Å². The number of aromatic hydroxyl groups is 2. The maximum atomic E-state index is 11.8. The highest BCUT2D eigenvalue weighted by Gasteiger charge is 2.03. The van der Waals surface area contributed by atoms with Gasteiger partial charge in [-0.25, -0.2) is 5.43 Å². The van der Waals surface area contributed by atoms with E-state index in [2.05, 4.69) is 10.5 Å². The second-order valence-corrected chi connectivity index (χ2v) is 4.31. The Labute approximate surface area is 116 Å². The molecule has 20 heavy (non-hydrogen) atoms. The lowest BCUT2D eigenvalue weighted by atomic mass is 10.1. The third-order valence-electron chi connectivity index (χ3n) is 2.69. The van der Waals surface area contributed by atoms with Crippen LogP contribution in [0.25, 0.3) is 0 Å². The first-order valence-corrected chi connectivity index (χ1v) is 5.98. The van der Waals surface area contributed by atoms with E-state index in [1.807, 2.05) is 19.1 Å². The predicted molar refractivity (Wildman–Crippen MR) is 76.0 cm³/mol. The summed E-state index contributed by atoms with van der Waals surface area (Å²) >= 11 is 0. The van der Waals surface area contributed by atoms with Gasteiger partial charge in [-0.3, -0.25) is 4.79 Å². The van der Waals surface area contributed by atoms with Crippen LogP contribution in [0.3, 0.4) is 0 Å². The fraction of sp³-hybridized carbons (Fsp3) is 0.0667. The molecule has 0 aliphatic carbocycles. The zero-order chi connectivity index (χ0) is 14.5. The number of carbonyl (C=O) groups is 1. The Balaban J connectivity index is 2.00. The highest BCUT2D eigenvalue weighted by molar-refractivity contribution is 5.94. The van der Waals surface area contributed by atoms with Gasteiger partial charge in [0.05, 0.1) is 6.21 Å². The Bertz CT molecular complexity index is 649. The zero-order valence-electron chi connectivity index (χ0n) is 10.9. The fourth-order valence-corrected chi connectivity index (χ4v) is 1.56. The van der Waals surface area contributed by atoms with E-state index in [1.54, 1.807) is 18.2 Å². The van der Waals surface area contributed by atoms with E-state index >= 15 is 0 Å². The van der Waals surface area contributed by atoms with Crippen molar-refractivity contribution in [1.82, 2.24) is 5.43 Å². The Morgan fingerprint density at radius 3 is 2.45 bits per heavy atom. The summed E-state index contributed by atoms with van der Waals surface area (Å²) in [6.07, 6.45) is 1.38. The summed E-state index contributed by atoms with van der Waals surface area (Å²) in [4.78, 5) is 11.8. The minimum Gasteiger partial charge on any atom is -0.504 e. The van der Waals surface area contributed by atoms with E-state index < -0.39 is 0 Å². The van der Waals surface area contributed by atoms with Gasteiger partial charge in [-0.1, -0.05) is 17.7 Å². The fourth-order valence-electron chi connectivity index (χ4n) is 1.56. The van der Waals surface area contributed by atoms with Crippen LogP contribution in [0.5, 0.6) is 11.5 Å². The smallest absolute Gasteiger partial charge is 0.271 e. The van der Waals surface area contributed by atoms with Crippen LogP contribution in [0.15, 0.2) is 47.6 Å². The predicted octanol–water partition coefficient (Wildman–Crippen LogP) is 2.17. The SMILES string of the molecule is Cc1ccc(C(=O)N/N=C/c2ccc(O)c(O)c2)cc1. The van der Waals surface area contributed by atoms with E-state index in [-0.39, 0.29) is 17.4 Å². The summed E-state index contributed by atoms with van der Waals surface area (Å²) in [7, 11) is 0. The highest BCUT2D eigenvalue weighted by atomic mass is 16.3. The van der Waals surface area contributed by atoms with Crippen molar-refractivity contribution < 1.29 is 15.0 Å². The molecule has 3 N–H and O–H groups in total. The van der Waals surface area contributed by atoms with Gasteiger partial charge in [0.2, 0.25) is 0 Å². The number of aryl methyl sites for hydroxylation is 1. The molecule has 0 spiro atoms. The van der Waals surface area contributed by atoms with Crippen LogP contribution in [-0.4, -0.2) is 22.3 Å². The molecule has 0 bridgehead atoms. The summed E-state index contributed by atoms with van der Waals surface area (Å²) < 4.78 is 0. The molecule has 2 rings (SSSR count). The van der Waals surface area contributed by atoms with E-state index in [0.29, 0.717) is 11.1 Å². The maximum absolute atomic E-state index is 11.8. The molecule has 0 saturated carbocycles. The van der Waals surface area contributed by atoms with Crippen LogP contribution in [0.1, 0.15) is 21.5 Å². The Morgan fingerprint density at radius 1 is 1.10 bits per heavy atom.